The van der Waals surface area contributed by atoms with Crippen molar-refractivity contribution in [1.82, 2.24) is 4.90 Å². The lowest BCUT2D eigenvalue weighted by Gasteiger charge is -2.32. The lowest BCUT2D eigenvalue weighted by atomic mass is 9.93. The molecule has 0 aliphatic carbocycles. The Labute approximate surface area is 101 Å². The second-order valence-electron chi connectivity index (χ2n) is 4.54. The summed E-state index contributed by atoms with van der Waals surface area (Å²) in [4.78, 5) is 15.3. The standard InChI is InChI=1S/C13H17NOS/c1-9-7-11(14(3)8-10(9)2)13(15)12-5-4-6-16-12/h4-6,11H,7-8H2,1-3H3. The summed E-state index contributed by atoms with van der Waals surface area (Å²) in [5, 5.41) is 1.96. The van der Waals surface area contributed by atoms with Crippen molar-refractivity contribution in [2.75, 3.05) is 13.6 Å². The van der Waals surface area contributed by atoms with Crippen molar-refractivity contribution >= 4 is 17.1 Å². The maximum Gasteiger partial charge on any atom is 0.190 e. The summed E-state index contributed by atoms with van der Waals surface area (Å²) in [5.74, 6) is 0.268. The van der Waals surface area contributed by atoms with Gasteiger partial charge >= 0.3 is 0 Å². The molecular formula is C13H17NOS. The molecule has 3 heteroatoms. The number of nitrogens with zero attached hydrogens (tertiary/aromatic N) is 1. The van der Waals surface area contributed by atoms with Crippen LogP contribution in [0.15, 0.2) is 28.7 Å². The van der Waals surface area contributed by atoms with Crippen LogP contribution in [0, 0.1) is 0 Å². The third-order valence-electron chi connectivity index (χ3n) is 3.31. The Morgan fingerprint density at radius 1 is 1.44 bits per heavy atom. The highest BCUT2D eigenvalue weighted by Crippen LogP contribution is 2.25. The van der Waals surface area contributed by atoms with Crippen molar-refractivity contribution < 1.29 is 4.79 Å². The summed E-state index contributed by atoms with van der Waals surface area (Å²) in [7, 11) is 2.03. The molecule has 0 spiro atoms. The molecule has 0 radical (unpaired) electrons. The van der Waals surface area contributed by atoms with Gasteiger partial charge in [-0.1, -0.05) is 17.2 Å². The van der Waals surface area contributed by atoms with Gasteiger partial charge in [-0.2, -0.15) is 0 Å². The fraction of sp³-hybridized carbons (Fsp3) is 0.462. The molecule has 0 saturated heterocycles. The number of carbonyl (C=O) groups is 1. The number of ketones is 1. The van der Waals surface area contributed by atoms with Gasteiger partial charge in [0.15, 0.2) is 5.78 Å². The van der Waals surface area contributed by atoms with Crippen molar-refractivity contribution in [3.8, 4) is 0 Å². The average molecular weight is 235 g/mol. The second kappa shape index (κ2) is 4.52. The van der Waals surface area contributed by atoms with Crippen LogP contribution in [0.25, 0.3) is 0 Å². The molecule has 0 bridgehead atoms. The van der Waals surface area contributed by atoms with Gasteiger partial charge < -0.3 is 0 Å². The minimum atomic E-state index is 0.0300. The van der Waals surface area contributed by atoms with E-state index in [-0.39, 0.29) is 11.8 Å². The van der Waals surface area contributed by atoms with Crippen LogP contribution in [0.2, 0.25) is 0 Å². The highest BCUT2D eigenvalue weighted by molar-refractivity contribution is 7.12. The molecule has 1 atom stereocenters. The molecule has 0 amide bonds. The normalized spacial score (nSPS) is 22.6. The second-order valence-corrected chi connectivity index (χ2v) is 5.48. The molecule has 2 nitrogen and oxygen atoms in total. The van der Waals surface area contributed by atoms with Crippen LogP contribution in [0.5, 0.6) is 0 Å². The molecular weight excluding hydrogens is 218 g/mol. The highest BCUT2D eigenvalue weighted by Gasteiger charge is 2.28. The van der Waals surface area contributed by atoms with Crippen molar-refractivity contribution in [2.24, 2.45) is 0 Å². The summed E-state index contributed by atoms with van der Waals surface area (Å²) < 4.78 is 0. The molecule has 0 aromatic carbocycles. The highest BCUT2D eigenvalue weighted by atomic mass is 32.1. The minimum absolute atomic E-state index is 0.0300. The Kier molecular flexibility index (Phi) is 3.26. The summed E-state index contributed by atoms with van der Waals surface area (Å²) in [6.07, 6.45) is 0.874. The fourth-order valence-corrected chi connectivity index (χ4v) is 2.83. The first-order valence-electron chi connectivity index (χ1n) is 5.52. The van der Waals surface area contributed by atoms with E-state index in [1.54, 1.807) is 0 Å². The minimum Gasteiger partial charge on any atom is -0.292 e. The summed E-state index contributed by atoms with van der Waals surface area (Å²) in [6.45, 7) is 5.20. The van der Waals surface area contributed by atoms with E-state index in [0.717, 1.165) is 17.8 Å². The van der Waals surface area contributed by atoms with Gasteiger partial charge in [-0.15, -0.1) is 11.3 Å². The molecule has 16 heavy (non-hydrogen) atoms. The van der Waals surface area contributed by atoms with E-state index in [1.165, 1.54) is 22.5 Å². The molecule has 1 aromatic rings. The van der Waals surface area contributed by atoms with Gasteiger partial charge in [0.05, 0.1) is 10.9 Å². The van der Waals surface area contributed by atoms with E-state index >= 15 is 0 Å². The SMILES string of the molecule is CC1=C(C)CN(C)C(C(=O)c2cccs2)C1. The van der Waals surface area contributed by atoms with Crippen LogP contribution in [0.1, 0.15) is 29.9 Å². The first-order valence-corrected chi connectivity index (χ1v) is 6.40. The maximum absolute atomic E-state index is 12.3. The van der Waals surface area contributed by atoms with Crippen LogP contribution < -0.4 is 0 Å². The molecule has 86 valence electrons. The zero-order valence-corrected chi connectivity index (χ0v) is 10.8. The Balaban J connectivity index is 2.20. The molecule has 1 aliphatic rings. The summed E-state index contributed by atoms with van der Waals surface area (Å²) in [6, 6.07) is 3.89. The van der Waals surface area contributed by atoms with Crippen molar-refractivity contribution in [3.05, 3.63) is 33.5 Å². The summed E-state index contributed by atoms with van der Waals surface area (Å²) in [5.41, 5.74) is 2.77. The largest absolute Gasteiger partial charge is 0.292 e. The summed E-state index contributed by atoms with van der Waals surface area (Å²) >= 11 is 1.54. The average Bonchev–Trinajstić information content (AvgIpc) is 2.75. The number of Topliss-reactive ketones (excluding diaryl/α,β-unsaturated/α-hetero) is 1. The molecule has 2 rings (SSSR count). The predicted molar refractivity (Wildman–Crippen MR) is 68.1 cm³/mol. The van der Waals surface area contributed by atoms with Gasteiger partial charge in [-0.05, 0) is 38.8 Å². The number of rotatable bonds is 2. The van der Waals surface area contributed by atoms with Crippen molar-refractivity contribution in [1.29, 1.82) is 0 Å². The van der Waals surface area contributed by atoms with Gasteiger partial charge in [-0.25, -0.2) is 0 Å². The molecule has 2 heterocycles. The molecule has 1 aromatic heterocycles. The van der Waals surface area contributed by atoms with E-state index in [4.69, 9.17) is 0 Å². The Bertz CT molecular complexity index is 419. The van der Waals surface area contributed by atoms with Gasteiger partial charge in [-0.3, -0.25) is 9.69 Å². The van der Waals surface area contributed by atoms with Crippen molar-refractivity contribution in [2.45, 2.75) is 26.3 Å². The number of hydrogen-bond donors (Lipinski definition) is 0. The smallest absolute Gasteiger partial charge is 0.190 e. The third kappa shape index (κ3) is 2.11. The van der Waals surface area contributed by atoms with Crippen LogP contribution >= 0.6 is 11.3 Å². The van der Waals surface area contributed by atoms with E-state index in [0.29, 0.717) is 0 Å². The number of carbonyl (C=O) groups excluding carboxylic acids is 1. The van der Waals surface area contributed by atoms with E-state index in [9.17, 15) is 4.79 Å². The molecule has 0 saturated carbocycles. The topological polar surface area (TPSA) is 20.3 Å². The lowest BCUT2D eigenvalue weighted by Crippen LogP contribution is -2.42. The maximum atomic E-state index is 12.3. The molecule has 1 aliphatic heterocycles. The van der Waals surface area contributed by atoms with Gasteiger partial charge in [0.1, 0.15) is 0 Å². The number of likely N-dealkylation sites (N-methyl/N-ethyl adjacent to an activating group) is 1. The number of thiophene rings is 1. The first kappa shape index (κ1) is 11.6. The van der Waals surface area contributed by atoms with Gasteiger partial charge in [0, 0.05) is 6.54 Å². The molecule has 1 unspecified atom stereocenters. The Hall–Kier alpha value is -0.930. The third-order valence-corrected chi connectivity index (χ3v) is 4.20. The fourth-order valence-electron chi connectivity index (χ4n) is 2.12. The van der Waals surface area contributed by atoms with E-state index in [1.807, 2.05) is 24.6 Å². The molecule has 0 fully saturated rings. The quantitative estimate of drug-likeness (QED) is 0.580. The van der Waals surface area contributed by atoms with Crippen LogP contribution in [-0.2, 0) is 0 Å². The van der Waals surface area contributed by atoms with Gasteiger partial charge in [0.25, 0.3) is 0 Å². The Morgan fingerprint density at radius 3 is 2.81 bits per heavy atom. The van der Waals surface area contributed by atoms with Crippen molar-refractivity contribution in [3.63, 3.8) is 0 Å². The van der Waals surface area contributed by atoms with Gasteiger partial charge in [0.2, 0.25) is 0 Å². The zero-order valence-electron chi connectivity index (χ0n) is 9.99. The Morgan fingerprint density at radius 2 is 2.19 bits per heavy atom. The molecule has 0 N–H and O–H groups in total. The predicted octanol–water partition coefficient (Wildman–Crippen LogP) is 2.97. The zero-order chi connectivity index (χ0) is 11.7. The van der Waals surface area contributed by atoms with Crippen LogP contribution in [0.4, 0.5) is 0 Å². The number of hydrogen-bond acceptors (Lipinski definition) is 3. The van der Waals surface area contributed by atoms with Crippen LogP contribution in [-0.4, -0.2) is 30.3 Å². The van der Waals surface area contributed by atoms with E-state index in [2.05, 4.69) is 18.7 Å². The first-order chi connectivity index (χ1) is 7.59. The van der Waals surface area contributed by atoms with Crippen LogP contribution in [0.3, 0.4) is 0 Å². The monoisotopic (exact) mass is 235 g/mol. The lowest BCUT2D eigenvalue weighted by molar-refractivity contribution is 0.0853. The van der Waals surface area contributed by atoms with E-state index < -0.39 is 0 Å².